The van der Waals surface area contributed by atoms with E-state index in [1.807, 2.05) is 0 Å². The summed E-state index contributed by atoms with van der Waals surface area (Å²) >= 11 is 0. The Bertz CT molecular complexity index is 469. The number of ketones is 1. The van der Waals surface area contributed by atoms with Crippen LogP contribution in [0.15, 0.2) is 24.3 Å². The molecule has 1 rings (SSSR count). The number of hydrogen-bond acceptors (Lipinski definition) is 4. The van der Waals surface area contributed by atoms with Crippen LogP contribution in [0.25, 0.3) is 0 Å². The maximum absolute atomic E-state index is 11.6. The molecule has 0 unspecified atom stereocenters. The van der Waals surface area contributed by atoms with Gasteiger partial charge in [0.05, 0.1) is 7.11 Å². The van der Waals surface area contributed by atoms with Gasteiger partial charge in [0.1, 0.15) is 0 Å². The molecule has 0 spiro atoms. The largest absolute Gasteiger partial charge is 0.459 e. The molecule has 1 aromatic carbocycles. The van der Waals surface area contributed by atoms with Gasteiger partial charge in [-0.05, 0) is 11.5 Å². The molecule has 0 fully saturated rings. The van der Waals surface area contributed by atoms with E-state index in [1.165, 1.54) is 7.11 Å². The summed E-state index contributed by atoms with van der Waals surface area (Å²) in [6, 6.07) is 6.86. The predicted octanol–water partition coefficient (Wildman–Crippen LogP) is 0.504. The van der Waals surface area contributed by atoms with Gasteiger partial charge in [-0.25, -0.2) is 4.79 Å². The van der Waals surface area contributed by atoms with Gasteiger partial charge in [0.25, 0.3) is 0 Å². The molecule has 0 heterocycles. The molecule has 4 nitrogen and oxygen atoms in total. The molecule has 0 amide bonds. The lowest BCUT2D eigenvalue weighted by Crippen LogP contribution is -2.06. The van der Waals surface area contributed by atoms with Crippen molar-refractivity contribution in [2.75, 3.05) is 7.11 Å². The molecule has 82 valence electrons. The van der Waals surface area contributed by atoms with Crippen LogP contribution in [0, 0.1) is 11.8 Å². The molecule has 4 heteroatoms. The predicted molar refractivity (Wildman–Crippen MR) is 58.5 cm³/mol. The third-order valence-electron chi connectivity index (χ3n) is 1.95. The average molecular weight is 217 g/mol. The average Bonchev–Trinajstić information content (AvgIpc) is 2.35. The van der Waals surface area contributed by atoms with Crippen molar-refractivity contribution < 1.29 is 14.3 Å². The highest BCUT2D eigenvalue weighted by Crippen LogP contribution is 2.08. The lowest BCUT2D eigenvalue weighted by molar-refractivity contribution is -0.133. The van der Waals surface area contributed by atoms with Gasteiger partial charge in [0.2, 0.25) is 5.78 Å². The molecule has 0 aliphatic carbocycles. The van der Waals surface area contributed by atoms with Crippen LogP contribution in [0.2, 0.25) is 0 Å². The zero-order valence-electron chi connectivity index (χ0n) is 8.82. The smallest absolute Gasteiger partial charge is 0.384 e. The Morgan fingerprint density at radius 2 is 2.00 bits per heavy atom. The second kappa shape index (κ2) is 5.69. The first kappa shape index (κ1) is 12.0. The maximum Gasteiger partial charge on any atom is 0.384 e. The number of hydrogen-bond donors (Lipinski definition) is 1. The first-order valence-corrected chi connectivity index (χ1v) is 4.61. The van der Waals surface area contributed by atoms with E-state index in [4.69, 9.17) is 5.73 Å². The van der Waals surface area contributed by atoms with E-state index in [0.29, 0.717) is 11.1 Å². The Labute approximate surface area is 93.4 Å². The van der Waals surface area contributed by atoms with E-state index in [0.717, 1.165) is 0 Å². The summed E-state index contributed by atoms with van der Waals surface area (Å²) in [5, 5.41) is 0. The van der Waals surface area contributed by atoms with Crippen molar-refractivity contribution in [2.45, 2.75) is 6.54 Å². The minimum Gasteiger partial charge on any atom is -0.459 e. The molecular weight excluding hydrogens is 206 g/mol. The maximum atomic E-state index is 11.6. The van der Waals surface area contributed by atoms with Gasteiger partial charge >= 0.3 is 5.97 Å². The molecule has 0 atom stereocenters. The number of ether oxygens (including phenoxy) is 1. The summed E-state index contributed by atoms with van der Waals surface area (Å²) in [6.07, 6.45) is 0. The Balaban J connectivity index is 2.95. The van der Waals surface area contributed by atoms with Gasteiger partial charge in [-0.3, -0.25) is 4.79 Å². The lowest BCUT2D eigenvalue weighted by Gasteiger charge is -2.01. The van der Waals surface area contributed by atoms with Crippen LogP contribution in [-0.2, 0) is 16.1 Å². The first-order chi connectivity index (χ1) is 7.69. The number of benzene rings is 1. The minimum atomic E-state index is -0.737. The molecule has 16 heavy (non-hydrogen) atoms. The zero-order valence-corrected chi connectivity index (χ0v) is 8.82. The summed E-state index contributed by atoms with van der Waals surface area (Å²) in [5.41, 5.74) is 6.60. The molecule has 1 aromatic rings. The van der Waals surface area contributed by atoms with E-state index in [9.17, 15) is 9.59 Å². The van der Waals surface area contributed by atoms with Gasteiger partial charge in [-0.1, -0.05) is 24.3 Å². The molecule has 0 aliphatic heterocycles. The first-order valence-electron chi connectivity index (χ1n) is 4.61. The van der Waals surface area contributed by atoms with E-state index >= 15 is 0 Å². The summed E-state index contributed by atoms with van der Waals surface area (Å²) in [7, 11) is 1.20. The summed E-state index contributed by atoms with van der Waals surface area (Å²) < 4.78 is 4.30. The fraction of sp³-hybridized carbons (Fsp3) is 0.167. The lowest BCUT2D eigenvalue weighted by atomic mass is 10.0. The highest BCUT2D eigenvalue weighted by molar-refractivity contribution is 6.12. The van der Waals surface area contributed by atoms with Crippen molar-refractivity contribution >= 4 is 11.8 Å². The zero-order chi connectivity index (χ0) is 12.0. The van der Waals surface area contributed by atoms with Crippen molar-refractivity contribution in [1.82, 2.24) is 0 Å². The Morgan fingerprint density at radius 1 is 1.31 bits per heavy atom. The van der Waals surface area contributed by atoms with Crippen molar-refractivity contribution in [3.8, 4) is 11.8 Å². The Hall–Kier alpha value is -2.12. The molecule has 0 aromatic heterocycles. The molecule has 0 aliphatic rings. The standard InChI is InChI=1S/C12H11NO3/c1-16-12(15)7-6-11(14)10-5-3-2-4-9(10)8-13/h2-5H,8,13H2,1H3. The SMILES string of the molecule is COC(=O)C#CC(=O)c1ccccc1CN. The number of nitrogens with two attached hydrogens (primary N) is 1. The van der Waals surface area contributed by atoms with Crippen molar-refractivity contribution in [3.63, 3.8) is 0 Å². The number of rotatable bonds is 2. The third-order valence-corrected chi connectivity index (χ3v) is 1.95. The molecule has 0 radical (unpaired) electrons. The molecule has 2 N–H and O–H groups in total. The van der Waals surface area contributed by atoms with Gasteiger partial charge < -0.3 is 10.5 Å². The summed E-state index contributed by atoms with van der Waals surface area (Å²) in [5.74, 6) is 3.11. The Kier molecular flexibility index (Phi) is 4.25. The van der Waals surface area contributed by atoms with Crippen LogP contribution in [0.5, 0.6) is 0 Å². The van der Waals surface area contributed by atoms with Gasteiger partial charge in [0.15, 0.2) is 0 Å². The topological polar surface area (TPSA) is 69.4 Å². The van der Waals surface area contributed by atoms with Crippen molar-refractivity contribution in [2.24, 2.45) is 5.73 Å². The van der Waals surface area contributed by atoms with Crippen LogP contribution < -0.4 is 5.73 Å². The second-order valence-electron chi connectivity index (χ2n) is 2.93. The number of methoxy groups -OCH3 is 1. The quantitative estimate of drug-likeness (QED) is 0.257. The molecule has 0 saturated heterocycles. The van der Waals surface area contributed by atoms with Gasteiger partial charge in [-0.15, -0.1) is 0 Å². The van der Waals surface area contributed by atoms with E-state index in [2.05, 4.69) is 16.6 Å². The number of carbonyl (C=O) groups is 2. The van der Waals surface area contributed by atoms with Gasteiger partial charge in [-0.2, -0.15) is 0 Å². The van der Waals surface area contributed by atoms with Crippen LogP contribution in [0.3, 0.4) is 0 Å². The van der Waals surface area contributed by atoms with E-state index in [1.54, 1.807) is 24.3 Å². The second-order valence-corrected chi connectivity index (χ2v) is 2.93. The molecular formula is C12H11NO3. The van der Waals surface area contributed by atoms with Crippen molar-refractivity contribution in [3.05, 3.63) is 35.4 Å². The molecule has 0 bridgehead atoms. The van der Waals surface area contributed by atoms with Crippen LogP contribution >= 0.6 is 0 Å². The fourth-order valence-electron chi connectivity index (χ4n) is 1.15. The highest BCUT2D eigenvalue weighted by Gasteiger charge is 2.07. The van der Waals surface area contributed by atoms with Gasteiger partial charge in [0, 0.05) is 18.0 Å². The number of Topliss-reactive ketones (excluding diaryl/α,β-unsaturated/α-hetero) is 1. The number of esters is 1. The van der Waals surface area contributed by atoms with Crippen LogP contribution in [0.1, 0.15) is 15.9 Å². The fourth-order valence-corrected chi connectivity index (χ4v) is 1.15. The summed E-state index contributed by atoms with van der Waals surface area (Å²) in [6.45, 7) is 0.252. The monoisotopic (exact) mass is 217 g/mol. The third kappa shape index (κ3) is 2.94. The van der Waals surface area contributed by atoms with Crippen molar-refractivity contribution in [1.29, 1.82) is 0 Å². The molecule has 0 saturated carbocycles. The minimum absolute atomic E-state index is 0.252. The normalized spacial score (nSPS) is 8.88. The van der Waals surface area contributed by atoms with E-state index in [-0.39, 0.29) is 6.54 Å². The van der Waals surface area contributed by atoms with Crippen LogP contribution in [-0.4, -0.2) is 18.9 Å². The summed E-state index contributed by atoms with van der Waals surface area (Å²) in [4.78, 5) is 22.3. The highest BCUT2D eigenvalue weighted by atomic mass is 16.5. The van der Waals surface area contributed by atoms with E-state index < -0.39 is 11.8 Å². The van der Waals surface area contributed by atoms with Crippen LogP contribution in [0.4, 0.5) is 0 Å². The number of carbonyl (C=O) groups excluding carboxylic acids is 2. The Morgan fingerprint density at radius 3 is 2.62 bits per heavy atom.